The van der Waals surface area contributed by atoms with Gasteiger partial charge in [-0.25, -0.2) is 13.1 Å². The van der Waals surface area contributed by atoms with Crippen molar-refractivity contribution in [2.45, 2.75) is 63.3 Å². The molecule has 0 aromatic heterocycles. The van der Waals surface area contributed by atoms with Gasteiger partial charge in [-0.3, -0.25) is 4.79 Å². The minimum absolute atomic E-state index is 0.126. The molecule has 0 unspecified atom stereocenters. The summed E-state index contributed by atoms with van der Waals surface area (Å²) in [6.45, 7) is 4.52. The van der Waals surface area contributed by atoms with E-state index < -0.39 is 10.0 Å². The molecule has 1 aliphatic carbocycles. The first-order valence-electron chi connectivity index (χ1n) is 8.79. The van der Waals surface area contributed by atoms with Crippen LogP contribution in [0.2, 0.25) is 0 Å². The Labute approximate surface area is 145 Å². The quantitative estimate of drug-likeness (QED) is 0.792. The maximum absolute atomic E-state index is 12.2. The average molecular weight is 353 g/mol. The van der Waals surface area contributed by atoms with Gasteiger partial charge in [-0.1, -0.05) is 33.1 Å². The van der Waals surface area contributed by atoms with Gasteiger partial charge >= 0.3 is 0 Å². The van der Waals surface area contributed by atoms with Crippen molar-refractivity contribution >= 4 is 15.9 Å². The molecule has 1 aromatic carbocycles. The van der Waals surface area contributed by atoms with E-state index in [9.17, 15) is 13.2 Å². The van der Waals surface area contributed by atoms with E-state index in [0.717, 1.165) is 32.1 Å². The number of nitrogens with one attached hydrogen (secondary N) is 2. The monoisotopic (exact) mass is 352 g/mol. The molecule has 1 fully saturated rings. The molecule has 1 saturated carbocycles. The molecule has 1 aromatic rings. The summed E-state index contributed by atoms with van der Waals surface area (Å²) >= 11 is 0. The molecule has 1 aliphatic rings. The third-order valence-electron chi connectivity index (χ3n) is 4.38. The molecule has 134 valence electrons. The maximum Gasteiger partial charge on any atom is 0.251 e. The number of rotatable bonds is 7. The Morgan fingerprint density at radius 1 is 1.12 bits per heavy atom. The summed E-state index contributed by atoms with van der Waals surface area (Å²) in [6, 6.07) is 6.39. The molecular weight excluding hydrogens is 324 g/mol. The standard InChI is InChI=1S/C18H28N2O3S/c1-14(2)12-13-19-24(22,23)17-10-8-15(9-11-17)18(21)20-16-6-4-3-5-7-16/h8-11,14,16,19H,3-7,12-13H2,1-2H3,(H,20,21). The van der Waals surface area contributed by atoms with Crippen molar-refractivity contribution in [2.24, 2.45) is 5.92 Å². The summed E-state index contributed by atoms with van der Waals surface area (Å²) < 4.78 is 27.0. The van der Waals surface area contributed by atoms with Crippen LogP contribution in [0.25, 0.3) is 0 Å². The molecule has 0 atom stereocenters. The van der Waals surface area contributed by atoms with E-state index in [1.54, 1.807) is 12.1 Å². The van der Waals surface area contributed by atoms with Gasteiger partial charge in [-0.05, 0) is 49.4 Å². The topological polar surface area (TPSA) is 75.3 Å². The number of carbonyl (C=O) groups excluding carboxylic acids is 1. The molecule has 0 heterocycles. The van der Waals surface area contributed by atoms with Crippen LogP contribution in [0.15, 0.2) is 29.2 Å². The van der Waals surface area contributed by atoms with Gasteiger partial charge in [0.25, 0.3) is 5.91 Å². The van der Waals surface area contributed by atoms with E-state index in [2.05, 4.69) is 10.0 Å². The molecule has 0 saturated heterocycles. The molecule has 2 rings (SSSR count). The first-order chi connectivity index (χ1) is 11.4. The van der Waals surface area contributed by atoms with Crippen molar-refractivity contribution in [2.75, 3.05) is 6.54 Å². The van der Waals surface area contributed by atoms with Crippen molar-refractivity contribution in [1.29, 1.82) is 0 Å². The first kappa shape index (κ1) is 18.9. The average Bonchev–Trinajstić information content (AvgIpc) is 2.55. The Bertz CT molecular complexity index is 633. The predicted molar refractivity (Wildman–Crippen MR) is 95.4 cm³/mol. The Morgan fingerprint density at radius 3 is 2.33 bits per heavy atom. The molecule has 0 radical (unpaired) electrons. The van der Waals surface area contributed by atoms with Crippen LogP contribution in [0.3, 0.4) is 0 Å². The van der Waals surface area contributed by atoms with Gasteiger partial charge in [-0.15, -0.1) is 0 Å². The second kappa shape index (κ2) is 8.62. The Kier molecular flexibility index (Phi) is 6.80. The fourth-order valence-corrected chi connectivity index (χ4v) is 3.91. The Balaban J connectivity index is 1.95. The zero-order chi connectivity index (χ0) is 17.6. The molecule has 2 N–H and O–H groups in total. The fraction of sp³-hybridized carbons (Fsp3) is 0.611. The third kappa shape index (κ3) is 5.60. The van der Waals surface area contributed by atoms with E-state index in [0.29, 0.717) is 18.0 Å². The summed E-state index contributed by atoms with van der Waals surface area (Å²) in [7, 11) is -3.51. The van der Waals surface area contributed by atoms with Crippen molar-refractivity contribution in [3.8, 4) is 0 Å². The number of sulfonamides is 1. The lowest BCUT2D eigenvalue weighted by Gasteiger charge is -2.22. The lowest BCUT2D eigenvalue weighted by Crippen LogP contribution is -2.36. The molecule has 0 aliphatic heterocycles. The Hall–Kier alpha value is -1.40. The van der Waals surface area contributed by atoms with E-state index in [1.165, 1.54) is 18.6 Å². The second-order valence-corrected chi connectivity index (χ2v) is 8.68. The SMILES string of the molecule is CC(C)CCNS(=O)(=O)c1ccc(C(=O)NC2CCCCC2)cc1. The third-order valence-corrected chi connectivity index (χ3v) is 5.86. The van der Waals surface area contributed by atoms with Crippen LogP contribution in [0.1, 0.15) is 62.7 Å². The maximum atomic E-state index is 12.2. The lowest BCUT2D eigenvalue weighted by molar-refractivity contribution is 0.0927. The van der Waals surface area contributed by atoms with Gasteiger partial charge in [0.15, 0.2) is 0 Å². The number of carbonyl (C=O) groups is 1. The van der Waals surface area contributed by atoms with Crippen LogP contribution in [-0.2, 0) is 10.0 Å². The molecular formula is C18H28N2O3S. The van der Waals surface area contributed by atoms with Crippen LogP contribution >= 0.6 is 0 Å². The highest BCUT2D eigenvalue weighted by Crippen LogP contribution is 2.18. The first-order valence-corrected chi connectivity index (χ1v) is 10.3. The molecule has 0 spiro atoms. The number of amides is 1. The van der Waals surface area contributed by atoms with Gasteiger partial charge in [0, 0.05) is 18.2 Å². The summed E-state index contributed by atoms with van der Waals surface area (Å²) in [6.07, 6.45) is 6.40. The van der Waals surface area contributed by atoms with Gasteiger partial charge in [0.1, 0.15) is 0 Å². The zero-order valence-corrected chi connectivity index (χ0v) is 15.4. The fourth-order valence-electron chi connectivity index (χ4n) is 2.87. The summed E-state index contributed by atoms with van der Waals surface area (Å²) in [5, 5.41) is 3.04. The van der Waals surface area contributed by atoms with E-state index in [-0.39, 0.29) is 16.8 Å². The van der Waals surface area contributed by atoms with Crippen molar-refractivity contribution in [3.63, 3.8) is 0 Å². The molecule has 5 nitrogen and oxygen atoms in total. The molecule has 1 amide bonds. The highest BCUT2D eigenvalue weighted by atomic mass is 32.2. The second-order valence-electron chi connectivity index (χ2n) is 6.91. The van der Waals surface area contributed by atoms with Crippen LogP contribution < -0.4 is 10.0 Å². The molecule has 0 bridgehead atoms. The minimum atomic E-state index is -3.51. The van der Waals surface area contributed by atoms with Crippen LogP contribution in [0.5, 0.6) is 0 Å². The van der Waals surface area contributed by atoms with Gasteiger partial charge in [0.2, 0.25) is 10.0 Å². The molecule has 24 heavy (non-hydrogen) atoms. The number of benzene rings is 1. The summed E-state index contributed by atoms with van der Waals surface area (Å²) in [5.41, 5.74) is 0.502. The highest BCUT2D eigenvalue weighted by Gasteiger charge is 2.18. The van der Waals surface area contributed by atoms with E-state index in [1.807, 2.05) is 13.8 Å². The minimum Gasteiger partial charge on any atom is -0.349 e. The van der Waals surface area contributed by atoms with E-state index in [4.69, 9.17) is 0 Å². The van der Waals surface area contributed by atoms with Crippen LogP contribution in [0.4, 0.5) is 0 Å². The summed E-state index contributed by atoms with van der Waals surface area (Å²) in [5.74, 6) is 0.317. The van der Waals surface area contributed by atoms with E-state index >= 15 is 0 Å². The van der Waals surface area contributed by atoms with Gasteiger partial charge < -0.3 is 5.32 Å². The van der Waals surface area contributed by atoms with Crippen molar-refractivity contribution < 1.29 is 13.2 Å². The smallest absolute Gasteiger partial charge is 0.251 e. The number of hydrogen-bond donors (Lipinski definition) is 2. The summed E-state index contributed by atoms with van der Waals surface area (Å²) in [4.78, 5) is 12.4. The lowest BCUT2D eigenvalue weighted by atomic mass is 9.95. The van der Waals surface area contributed by atoms with Gasteiger partial charge in [-0.2, -0.15) is 0 Å². The molecule has 6 heteroatoms. The van der Waals surface area contributed by atoms with Crippen molar-refractivity contribution in [3.05, 3.63) is 29.8 Å². The normalized spacial score (nSPS) is 16.3. The largest absolute Gasteiger partial charge is 0.349 e. The zero-order valence-electron chi connectivity index (χ0n) is 14.5. The highest BCUT2D eigenvalue weighted by molar-refractivity contribution is 7.89. The predicted octanol–water partition coefficient (Wildman–Crippen LogP) is 3.07. The van der Waals surface area contributed by atoms with Crippen LogP contribution in [0, 0.1) is 5.92 Å². The van der Waals surface area contributed by atoms with Crippen molar-refractivity contribution in [1.82, 2.24) is 10.0 Å². The van der Waals surface area contributed by atoms with Gasteiger partial charge in [0.05, 0.1) is 4.90 Å². The Morgan fingerprint density at radius 2 is 1.75 bits per heavy atom. The number of hydrogen-bond acceptors (Lipinski definition) is 3. The van der Waals surface area contributed by atoms with Crippen LogP contribution in [-0.4, -0.2) is 26.9 Å².